The van der Waals surface area contributed by atoms with Gasteiger partial charge in [-0.2, -0.15) is 0 Å². The first-order valence-electron chi connectivity index (χ1n) is 3.69. The van der Waals surface area contributed by atoms with Gasteiger partial charge in [0.15, 0.2) is 0 Å². The molecule has 1 aliphatic carbocycles. The molecule has 4 atom stereocenters. The summed E-state index contributed by atoms with van der Waals surface area (Å²) in [6.07, 6.45) is 0. The standard InChI is InChI=1S/C7H10FNO2/c1-7(8)4-3(2-10)9-6(11)5(4)7/h3-5,10H,2H2,1H3,(H,9,11)/t3-,4-,5-,7+/m1/s1. The molecule has 4 heteroatoms. The average molecular weight is 159 g/mol. The van der Waals surface area contributed by atoms with Gasteiger partial charge in [0.2, 0.25) is 5.91 Å². The number of rotatable bonds is 1. The van der Waals surface area contributed by atoms with Gasteiger partial charge in [0.25, 0.3) is 0 Å². The normalized spacial score (nSPS) is 53.7. The van der Waals surface area contributed by atoms with Crippen LogP contribution in [0.4, 0.5) is 4.39 Å². The second-order valence-electron chi connectivity index (χ2n) is 3.45. The summed E-state index contributed by atoms with van der Waals surface area (Å²) in [5, 5.41) is 11.3. The fraction of sp³-hybridized carbons (Fsp3) is 0.857. The summed E-state index contributed by atoms with van der Waals surface area (Å²) in [5.41, 5.74) is -1.37. The van der Waals surface area contributed by atoms with Crippen molar-refractivity contribution in [3.05, 3.63) is 0 Å². The van der Waals surface area contributed by atoms with E-state index in [1.807, 2.05) is 0 Å². The van der Waals surface area contributed by atoms with Crippen LogP contribution in [-0.2, 0) is 4.79 Å². The van der Waals surface area contributed by atoms with E-state index in [1.54, 1.807) is 0 Å². The van der Waals surface area contributed by atoms with Crippen molar-refractivity contribution in [2.45, 2.75) is 18.6 Å². The van der Waals surface area contributed by atoms with E-state index in [1.165, 1.54) is 6.92 Å². The zero-order valence-electron chi connectivity index (χ0n) is 6.17. The van der Waals surface area contributed by atoms with Gasteiger partial charge in [0.1, 0.15) is 5.67 Å². The molecule has 2 N–H and O–H groups in total. The number of piperidine rings is 1. The second-order valence-corrected chi connectivity index (χ2v) is 3.45. The lowest BCUT2D eigenvalue weighted by molar-refractivity contribution is -0.122. The number of amides is 1. The minimum atomic E-state index is -1.37. The van der Waals surface area contributed by atoms with Gasteiger partial charge in [-0.3, -0.25) is 4.79 Å². The number of carbonyl (C=O) groups is 1. The first-order valence-corrected chi connectivity index (χ1v) is 3.69. The summed E-state index contributed by atoms with van der Waals surface area (Å²) in [6.45, 7) is 1.26. The van der Waals surface area contributed by atoms with E-state index in [-0.39, 0.29) is 24.5 Å². The van der Waals surface area contributed by atoms with Gasteiger partial charge in [-0.05, 0) is 6.92 Å². The fourth-order valence-electron chi connectivity index (χ4n) is 2.08. The highest BCUT2D eigenvalue weighted by molar-refractivity contribution is 5.87. The lowest BCUT2D eigenvalue weighted by Gasteiger charge is -2.13. The molecule has 1 aliphatic heterocycles. The summed E-state index contributed by atoms with van der Waals surface area (Å²) >= 11 is 0. The summed E-state index contributed by atoms with van der Waals surface area (Å²) < 4.78 is 13.2. The van der Waals surface area contributed by atoms with Crippen molar-refractivity contribution in [1.29, 1.82) is 0 Å². The van der Waals surface area contributed by atoms with Crippen molar-refractivity contribution in [3.8, 4) is 0 Å². The maximum absolute atomic E-state index is 13.2. The van der Waals surface area contributed by atoms with Gasteiger partial charge < -0.3 is 10.4 Å². The first-order chi connectivity index (χ1) is 5.09. The molecule has 0 unspecified atom stereocenters. The molecule has 1 amide bonds. The minimum absolute atomic E-state index is 0.160. The van der Waals surface area contributed by atoms with Gasteiger partial charge in [0, 0.05) is 5.92 Å². The van der Waals surface area contributed by atoms with Gasteiger partial charge in [-0.25, -0.2) is 4.39 Å². The number of aliphatic hydroxyl groups is 1. The summed E-state index contributed by atoms with van der Waals surface area (Å²) in [7, 11) is 0. The Morgan fingerprint density at radius 1 is 1.82 bits per heavy atom. The Kier molecular flexibility index (Phi) is 1.12. The third-order valence-corrected chi connectivity index (χ3v) is 2.75. The number of nitrogens with one attached hydrogen (secondary N) is 1. The van der Waals surface area contributed by atoms with E-state index in [2.05, 4.69) is 5.32 Å². The van der Waals surface area contributed by atoms with Crippen molar-refractivity contribution in [3.63, 3.8) is 0 Å². The Hall–Kier alpha value is -0.640. The van der Waals surface area contributed by atoms with E-state index in [4.69, 9.17) is 5.11 Å². The average Bonchev–Trinajstić information content (AvgIpc) is 2.37. The monoisotopic (exact) mass is 159 g/mol. The fourth-order valence-corrected chi connectivity index (χ4v) is 2.08. The Morgan fingerprint density at radius 3 is 2.73 bits per heavy atom. The summed E-state index contributed by atoms with van der Waals surface area (Å²) in [4.78, 5) is 10.9. The molecule has 2 aliphatic rings. The molecule has 62 valence electrons. The van der Waals surface area contributed by atoms with Gasteiger partial charge in [0.05, 0.1) is 18.6 Å². The van der Waals surface area contributed by atoms with Crippen LogP contribution in [0.3, 0.4) is 0 Å². The number of halogens is 1. The van der Waals surface area contributed by atoms with Crippen LogP contribution in [0.25, 0.3) is 0 Å². The van der Waals surface area contributed by atoms with Crippen molar-refractivity contribution < 1.29 is 14.3 Å². The molecule has 11 heavy (non-hydrogen) atoms. The lowest BCUT2D eigenvalue weighted by Crippen LogP contribution is -2.38. The zero-order valence-corrected chi connectivity index (χ0v) is 6.17. The minimum Gasteiger partial charge on any atom is -0.394 e. The Balaban J connectivity index is 2.19. The number of hydrogen-bond acceptors (Lipinski definition) is 2. The maximum atomic E-state index is 13.2. The highest BCUT2D eigenvalue weighted by Crippen LogP contribution is 2.58. The third-order valence-electron chi connectivity index (χ3n) is 2.75. The van der Waals surface area contributed by atoms with E-state index >= 15 is 0 Å². The molecule has 0 aromatic carbocycles. The lowest BCUT2D eigenvalue weighted by atomic mass is 10.2. The summed E-state index contributed by atoms with van der Waals surface area (Å²) in [5.74, 6) is -1.04. The first kappa shape index (κ1) is 7.03. The zero-order chi connectivity index (χ0) is 8.22. The van der Waals surface area contributed by atoms with Crippen molar-refractivity contribution in [1.82, 2.24) is 5.32 Å². The predicted molar refractivity (Wildman–Crippen MR) is 35.5 cm³/mol. The molecule has 2 rings (SSSR count). The molecule has 1 saturated carbocycles. The van der Waals surface area contributed by atoms with Crippen LogP contribution in [-0.4, -0.2) is 29.3 Å². The molecule has 1 heterocycles. The molecule has 0 spiro atoms. The van der Waals surface area contributed by atoms with Crippen molar-refractivity contribution in [2.24, 2.45) is 11.8 Å². The molecule has 1 saturated heterocycles. The largest absolute Gasteiger partial charge is 0.394 e. The number of aliphatic hydroxyl groups excluding tert-OH is 1. The molecular weight excluding hydrogens is 149 g/mol. The molecular formula is C7H10FNO2. The van der Waals surface area contributed by atoms with Crippen LogP contribution in [0.2, 0.25) is 0 Å². The topological polar surface area (TPSA) is 49.3 Å². The maximum Gasteiger partial charge on any atom is 0.227 e. The van der Waals surface area contributed by atoms with Crippen molar-refractivity contribution in [2.75, 3.05) is 6.61 Å². The predicted octanol–water partition coefficient (Wildman–Crippen LogP) is -0.549. The quantitative estimate of drug-likeness (QED) is 0.539. The van der Waals surface area contributed by atoms with Crippen LogP contribution >= 0.6 is 0 Å². The molecule has 0 aromatic heterocycles. The van der Waals surface area contributed by atoms with Crippen LogP contribution in [0, 0.1) is 11.8 Å². The molecule has 0 radical (unpaired) electrons. The molecule has 0 bridgehead atoms. The molecule has 2 fully saturated rings. The van der Waals surface area contributed by atoms with E-state index < -0.39 is 11.6 Å². The number of hydrogen-bond donors (Lipinski definition) is 2. The smallest absolute Gasteiger partial charge is 0.227 e. The molecule has 3 nitrogen and oxygen atoms in total. The van der Waals surface area contributed by atoms with Gasteiger partial charge in [-0.15, -0.1) is 0 Å². The van der Waals surface area contributed by atoms with Gasteiger partial charge >= 0.3 is 0 Å². The van der Waals surface area contributed by atoms with E-state index in [0.717, 1.165) is 0 Å². The van der Waals surface area contributed by atoms with Crippen LogP contribution in [0.1, 0.15) is 6.92 Å². The van der Waals surface area contributed by atoms with Crippen LogP contribution < -0.4 is 5.32 Å². The Bertz CT molecular complexity index is 216. The van der Waals surface area contributed by atoms with Gasteiger partial charge in [-0.1, -0.05) is 0 Å². The van der Waals surface area contributed by atoms with Crippen molar-refractivity contribution >= 4 is 5.91 Å². The Morgan fingerprint density at radius 2 is 2.45 bits per heavy atom. The number of fused-ring (bicyclic) bond motifs is 1. The summed E-state index contributed by atoms with van der Waals surface area (Å²) in [6, 6.07) is -0.359. The second kappa shape index (κ2) is 1.75. The van der Waals surface area contributed by atoms with Crippen LogP contribution in [0.5, 0.6) is 0 Å². The number of carbonyl (C=O) groups excluding carboxylic acids is 1. The molecule has 0 aromatic rings. The highest BCUT2D eigenvalue weighted by Gasteiger charge is 2.73. The third kappa shape index (κ3) is 0.677. The van der Waals surface area contributed by atoms with Crippen LogP contribution in [0.15, 0.2) is 0 Å². The van der Waals surface area contributed by atoms with E-state index in [9.17, 15) is 9.18 Å². The van der Waals surface area contributed by atoms with E-state index in [0.29, 0.717) is 0 Å². The SMILES string of the molecule is C[C@]1(F)[C@@H]2[C@@H](CO)NC(=O)[C@@H]21. The number of alkyl halides is 1. The highest BCUT2D eigenvalue weighted by atomic mass is 19.1. The Labute approximate surface area is 63.6 Å².